The zero-order chi connectivity index (χ0) is 10.1. The van der Waals surface area contributed by atoms with Crippen LogP contribution in [-0.4, -0.2) is 0 Å². The number of hydrogen-bond donors (Lipinski definition) is 1. The van der Waals surface area contributed by atoms with E-state index in [1.54, 1.807) is 0 Å². The Kier molecular flexibility index (Phi) is 4.05. The first-order chi connectivity index (χ1) is 6.68. The van der Waals surface area contributed by atoms with Crippen LogP contribution in [0.4, 0.5) is 8.78 Å². The highest BCUT2D eigenvalue weighted by atomic mass is 35.5. The minimum Gasteiger partial charge on any atom is -0.324 e. The van der Waals surface area contributed by atoms with E-state index in [0.29, 0.717) is 11.5 Å². The van der Waals surface area contributed by atoms with Crippen LogP contribution in [0.5, 0.6) is 0 Å². The predicted molar refractivity (Wildman–Crippen MR) is 57.9 cm³/mol. The van der Waals surface area contributed by atoms with Crippen LogP contribution in [0.3, 0.4) is 0 Å². The van der Waals surface area contributed by atoms with E-state index < -0.39 is 11.6 Å². The molecule has 1 saturated carbocycles. The molecule has 0 bridgehead atoms. The second kappa shape index (κ2) is 4.90. The van der Waals surface area contributed by atoms with Gasteiger partial charge in [-0.15, -0.1) is 12.4 Å². The summed E-state index contributed by atoms with van der Waals surface area (Å²) in [6, 6.07) is 3.12. The van der Waals surface area contributed by atoms with Gasteiger partial charge in [0.2, 0.25) is 0 Å². The Balaban J connectivity index is 0.00000112. The molecule has 15 heavy (non-hydrogen) atoms. The summed E-state index contributed by atoms with van der Waals surface area (Å²) in [5.41, 5.74) is 6.18. The quantitative estimate of drug-likeness (QED) is 0.834. The highest BCUT2D eigenvalue weighted by Crippen LogP contribution is 2.36. The Hall–Kier alpha value is -0.670. The summed E-state index contributed by atoms with van der Waals surface area (Å²) in [6.45, 7) is 0. The van der Waals surface area contributed by atoms with E-state index in [2.05, 4.69) is 0 Å². The molecule has 0 unspecified atom stereocenters. The maximum absolute atomic E-state index is 13.3. The van der Waals surface area contributed by atoms with Gasteiger partial charge in [-0.25, -0.2) is 8.78 Å². The molecule has 2 N–H and O–H groups in total. The van der Waals surface area contributed by atoms with Gasteiger partial charge in [0.15, 0.2) is 0 Å². The van der Waals surface area contributed by atoms with E-state index in [4.69, 9.17) is 5.73 Å². The second-order valence-corrected chi connectivity index (χ2v) is 3.88. The summed E-state index contributed by atoms with van der Waals surface area (Å²) in [4.78, 5) is 0. The lowest BCUT2D eigenvalue weighted by Crippen LogP contribution is -2.27. The van der Waals surface area contributed by atoms with Crippen LogP contribution < -0.4 is 5.73 Å². The van der Waals surface area contributed by atoms with Crippen molar-refractivity contribution in [2.24, 2.45) is 11.7 Å². The van der Waals surface area contributed by atoms with Gasteiger partial charge in [-0.2, -0.15) is 0 Å². The molecule has 1 aliphatic carbocycles. The van der Waals surface area contributed by atoms with E-state index in [0.717, 1.165) is 31.4 Å². The van der Waals surface area contributed by atoms with Gasteiger partial charge in [0.1, 0.15) is 11.6 Å². The molecular formula is C11H14ClF2N. The molecule has 0 spiro atoms. The average molecular weight is 234 g/mol. The van der Waals surface area contributed by atoms with E-state index in [-0.39, 0.29) is 18.4 Å². The molecule has 0 amide bonds. The van der Waals surface area contributed by atoms with Gasteiger partial charge < -0.3 is 5.73 Å². The number of hydrogen-bond acceptors (Lipinski definition) is 1. The van der Waals surface area contributed by atoms with E-state index in [1.807, 2.05) is 0 Å². The molecule has 0 heterocycles. The van der Waals surface area contributed by atoms with Crippen LogP contribution in [0, 0.1) is 17.6 Å². The second-order valence-electron chi connectivity index (χ2n) is 3.88. The Morgan fingerprint density at radius 3 is 2.47 bits per heavy atom. The molecule has 84 valence electrons. The van der Waals surface area contributed by atoms with Gasteiger partial charge in [0.05, 0.1) is 0 Å². The maximum Gasteiger partial charge on any atom is 0.128 e. The Bertz CT molecular complexity index is 339. The highest BCUT2D eigenvalue weighted by Gasteiger charge is 2.27. The van der Waals surface area contributed by atoms with Crippen molar-refractivity contribution in [2.45, 2.75) is 25.3 Å². The molecule has 1 aliphatic rings. The topological polar surface area (TPSA) is 26.0 Å². The monoisotopic (exact) mass is 233 g/mol. The third kappa shape index (κ3) is 2.47. The van der Waals surface area contributed by atoms with Crippen LogP contribution in [-0.2, 0) is 0 Å². The molecule has 1 nitrogen and oxygen atoms in total. The molecule has 1 aromatic rings. The smallest absolute Gasteiger partial charge is 0.128 e. The fraction of sp³-hybridized carbons (Fsp3) is 0.455. The molecule has 0 saturated heterocycles. The van der Waals surface area contributed by atoms with Crippen molar-refractivity contribution in [3.8, 4) is 0 Å². The van der Waals surface area contributed by atoms with Crippen molar-refractivity contribution >= 4 is 12.4 Å². The summed E-state index contributed by atoms with van der Waals surface area (Å²) in [5.74, 6) is -0.492. The standard InChI is InChI=1S/C11H13F2N.ClH/c12-8-4-5-10(13)9(6-8)11(14)7-2-1-3-7;/h4-7,11H,1-3,14H2;1H/t11-;/m0./s1. The molecule has 1 fully saturated rings. The normalized spacial score (nSPS) is 17.8. The van der Waals surface area contributed by atoms with Gasteiger partial charge in [0.25, 0.3) is 0 Å². The molecule has 2 rings (SSSR count). The Morgan fingerprint density at radius 2 is 1.93 bits per heavy atom. The number of benzene rings is 1. The Labute approximate surface area is 94.1 Å². The summed E-state index contributed by atoms with van der Waals surface area (Å²) in [6.07, 6.45) is 3.20. The van der Waals surface area contributed by atoms with Gasteiger partial charge in [-0.3, -0.25) is 0 Å². The van der Waals surface area contributed by atoms with Crippen LogP contribution in [0.1, 0.15) is 30.9 Å². The number of nitrogens with two attached hydrogens (primary N) is 1. The molecule has 4 heteroatoms. The zero-order valence-corrected chi connectivity index (χ0v) is 9.07. The van der Waals surface area contributed by atoms with Crippen molar-refractivity contribution in [3.63, 3.8) is 0 Å². The minimum atomic E-state index is -0.420. The summed E-state index contributed by atoms with van der Waals surface area (Å²) >= 11 is 0. The van der Waals surface area contributed by atoms with Gasteiger partial charge in [0, 0.05) is 11.6 Å². The highest BCUT2D eigenvalue weighted by molar-refractivity contribution is 5.85. The van der Waals surface area contributed by atoms with Gasteiger partial charge in [-0.05, 0) is 37.0 Å². The van der Waals surface area contributed by atoms with Crippen molar-refractivity contribution < 1.29 is 8.78 Å². The number of rotatable bonds is 2. The van der Waals surface area contributed by atoms with Gasteiger partial charge >= 0.3 is 0 Å². The summed E-state index contributed by atoms with van der Waals surface area (Å²) in [5, 5.41) is 0. The molecule has 1 atom stereocenters. The van der Waals surface area contributed by atoms with Crippen molar-refractivity contribution in [2.75, 3.05) is 0 Å². The minimum absolute atomic E-state index is 0. The predicted octanol–water partition coefficient (Wildman–Crippen LogP) is 3.19. The third-order valence-electron chi connectivity index (χ3n) is 2.97. The van der Waals surface area contributed by atoms with Crippen LogP contribution in [0.15, 0.2) is 18.2 Å². The van der Waals surface area contributed by atoms with Crippen LogP contribution >= 0.6 is 12.4 Å². The number of halogens is 3. The first-order valence-corrected chi connectivity index (χ1v) is 4.89. The lowest BCUT2D eigenvalue weighted by Gasteiger charge is -2.31. The van der Waals surface area contributed by atoms with E-state index >= 15 is 0 Å². The average Bonchev–Trinajstić information content (AvgIpc) is 2.06. The summed E-state index contributed by atoms with van der Waals surface area (Å²) in [7, 11) is 0. The van der Waals surface area contributed by atoms with Crippen LogP contribution in [0.25, 0.3) is 0 Å². The first-order valence-electron chi connectivity index (χ1n) is 4.89. The fourth-order valence-corrected chi connectivity index (χ4v) is 1.82. The largest absolute Gasteiger partial charge is 0.324 e. The van der Waals surface area contributed by atoms with E-state index in [1.165, 1.54) is 6.07 Å². The van der Waals surface area contributed by atoms with Gasteiger partial charge in [-0.1, -0.05) is 6.42 Å². The Morgan fingerprint density at radius 1 is 1.27 bits per heavy atom. The third-order valence-corrected chi connectivity index (χ3v) is 2.97. The molecule has 0 aliphatic heterocycles. The maximum atomic E-state index is 13.3. The fourth-order valence-electron chi connectivity index (χ4n) is 1.82. The summed E-state index contributed by atoms with van der Waals surface area (Å²) < 4.78 is 26.2. The van der Waals surface area contributed by atoms with Crippen LogP contribution in [0.2, 0.25) is 0 Å². The molecular weight excluding hydrogens is 220 g/mol. The molecule has 1 aromatic carbocycles. The van der Waals surface area contributed by atoms with Crippen molar-refractivity contribution in [1.82, 2.24) is 0 Å². The lowest BCUT2D eigenvalue weighted by molar-refractivity contribution is 0.260. The zero-order valence-electron chi connectivity index (χ0n) is 8.25. The molecule has 0 aromatic heterocycles. The first kappa shape index (κ1) is 12.4. The van der Waals surface area contributed by atoms with Crippen molar-refractivity contribution in [1.29, 1.82) is 0 Å². The lowest BCUT2D eigenvalue weighted by atomic mass is 9.77. The van der Waals surface area contributed by atoms with E-state index in [9.17, 15) is 8.78 Å². The van der Waals surface area contributed by atoms with Crippen molar-refractivity contribution in [3.05, 3.63) is 35.4 Å². The SMILES string of the molecule is Cl.N[C@H](c1cc(F)ccc1F)C1CCC1. The molecule has 0 radical (unpaired) electrons.